The van der Waals surface area contributed by atoms with Crippen LogP contribution >= 0.6 is 0 Å². The predicted octanol–water partition coefficient (Wildman–Crippen LogP) is 4.34. The Bertz CT molecular complexity index is 213. The molecule has 0 fully saturated rings. The third kappa shape index (κ3) is 13.4. The van der Waals surface area contributed by atoms with E-state index in [1.807, 2.05) is 0 Å². The Kier molecular flexibility index (Phi) is 13.9. The Morgan fingerprint density at radius 2 is 1.33 bits per heavy atom. The molecule has 0 aliphatic heterocycles. The maximum absolute atomic E-state index is 9.86. The fraction of sp³-hybridized carbons (Fsp3) is 0.933. The Morgan fingerprint density at radius 3 is 1.78 bits per heavy atom. The Hall–Kier alpha value is -0.660. The Balaban J connectivity index is 3.05. The van der Waals surface area contributed by atoms with Gasteiger partial charge in [-0.2, -0.15) is 4.99 Å². The molecule has 0 rings (SSSR count). The molecule has 1 unspecified atom stereocenters. The maximum atomic E-state index is 9.86. The van der Waals surface area contributed by atoms with Crippen molar-refractivity contribution in [3.05, 3.63) is 0 Å². The van der Waals surface area contributed by atoms with Crippen LogP contribution in [-0.2, 0) is 4.79 Å². The van der Waals surface area contributed by atoms with Crippen LogP contribution in [0.2, 0.25) is 0 Å². The molecular formula is C15H29NO2. The molecule has 0 bridgehead atoms. The number of isocyanates is 1. The predicted molar refractivity (Wildman–Crippen MR) is 75.2 cm³/mol. The van der Waals surface area contributed by atoms with E-state index in [1.165, 1.54) is 63.9 Å². The molecule has 0 heterocycles. The summed E-state index contributed by atoms with van der Waals surface area (Å²) in [5, 5.41) is 9.16. The quantitative estimate of drug-likeness (QED) is 0.302. The second-order valence-electron chi connectivity index (χ2n) is 5.03. The van der Waals surface area contributed by atoms with Gasteiger partial charge < -0.3 is 5.11 Å². The van der Waals surface area contributed by atoms with Crippen LogP contribution in [-0.4, -0.2) is 17.4 Å². The molecule has 1 N–H and O–H groups in total. The first-order valence-corrected chi connectivity index (χ1v) is 7.56. The molecule has 106 valence electrons. The van der Waals surface area contributed by atoms with Gasteiger partial charge in [-0.15, -0.1) is 0 Å². The molecule has 18 heavy (non-hydrogen) atoms. The number of hydrogen-bond donors (Lipinski definition) is 1. The normalized spacial score (nSPS) is 12.1. The summed E-state index contributed by atoms with van der Waals surface area (Å²) < 4.78 is 0. The molecule has 0 aromatic carbocycles. The summed E-state index contributed by atoms with van der Waals surface area (Å²) >= 11 is 0. The van der Waals surface area contributed by atoms with Crippen LogP contribution in [0.1, 0.15) is 84.0 Å². The molecule has 3 heteroatoms. The van der Waals surface area contributed by atoms with Crippen molar-refractivity contribution in [2.45, 2.75) is 90.2 Å². The first-order chi connectivity index (χ1) is 8.81. The van der Waals surface area contributed by atoms with Crippen molar-refractivity contribution in [1.82, 2.24) is 0 Å². The smallest absolute Gasteiger partial charge is 0.237 e. The van der Waals surface area contributed by atoms with Gasteiger partial charge in [-0.25, -0.2) is 4.79 Å². The van der Waals surface area contributed by atoms with E-state index in [0.29, 0.717) is 6.42 Å². The molecule has 3 nitrogen and oxygen atoms in total. The van der Waals surface area contributed by atoms with Gasteiger partial charge in [-0.1, -0.05) is 71.1 Å². The van der Waals surface area contributed by atoms with E-state index in [9.17, 15) is 4.79 Å². The van der Waals surface area contributed by atoms with Gasteiger partial charge in [-0.05, 0) is 12.8 Å². The van der Waals surface area contributed by atoms with Gasteiger partial charge in [0.2, 0.25) is 6.08 Å². The second-order valence-corrected chi connectivity index (χ2v) is 5.03. The highest BCUT2D eigenvalue weighted by molar-refractivity contribution is 5.33. The molecule has 0 amide bonds. The maximum Gasteiger partial charge on any atom is 0.237 e. The van der Waals surface area contributed by atoms with Gasteiger partial charge in [0.25, 0.3) is 0 Å². The van der Waals surface area contributed by atoms with Crippen LogP contribution in [0.25, 0.3) is 0 Å². The minimum absolute atomic E-state index is 0.590. The number of hydrogen-bond acceptors (Lipinski definition) is 3. The van der Waals surface area contributed by atoms with Crippen LogP contribution in [0.5, 0.6) is 0 Å². The third-order valence-electron chi connectivity index (χ3n) is 3.27. The largest absolute Gasteiger partial charge is 0.371 e. The number of aliphatic hydroxyl groups is 1. The lowest BCUT2D eigenvalue weighted by molar-refractivity contribution is 0.170. The van der Waals surface area contributed by atoms with Gasteiger partial charge in [-0.3, -0.25) is 0 Å². The zero-order valence-electron chi connectivity index (χ0n) is 11.9. The minimum atomic E-state index is -0.832. The van der Waals surface area contributed by atoms with Crippen LogP contribution in [0.3, 0.4) is 0 Å². The van der Waals surface area contributed by atoms with Crippen molar-refractivity contribution in [3.8, 4) is 0 Å². The zero-order valence-corrected chi connectivity index (χ0v) is 11.9. The highest BCUT2D eigenvalue weighted by atomic mass is 16.3. The summed E-state index contributed by atoms with van der Waals surface area (Å²) in [6, 6.07) is 0. The lowest BCUT2D eigenvalue weighted by Crippen LogP contribution is -2.01. The number of unbranched alkanes of at least 4 members (excludes halogenated alkanes) is 10. The summed E-state index contributed by atoms with van der Waals surface area (Å²) in [7, 11) is 0. The minimum Gasteiger partial charge on any atom is -0.371 e. The van der Waals surface area contributed by atoms with Gasteiger partial charge in [0, 0.05) is 0 Å². The molecule has 0 aliphatic carbocycles. The van der Waals surface area contributed by atoms with Crippen LogP contribution < -0.4 is 0 Å². The van der Waals surface area contributed by atoms with E-state index in [0.717, 1.165) is 12.8 Å². The zero-order chi connectivity index (χ0) is 13.5. The van der Waals surface area contributed by atoms with E-state index in [-0.39, 0.29) is 0 Å². The van der Waals surface area contributed by atoms with Gasteiger partial charge >= 0.3 is 0 Å². The molecule has 0 saturated heterocycles. The van der Waals surface area contributed by atoms with Crippen molar-refractivity contribution < 1.29 is 9.90 Å². The molecule has 0 aromatic rings. The standard InChI is InChI=1S/C15H29NO2/c1-2-3-4-5-6-7-8-9-10-11-12-13-15(18)16-14-17/h15,18H,2-13H2,1H3. The average molecular weight is 255 g/mol. The number of aliphatic hydroxyl groups excluding tert-OH is 1. The van der Waals surface area contributed by atoms with Crippen LogP contribution in [0, 0.1) is 0 Å². The Morgan fingerprint density at radius 1 is 0.889 bits per heavy atom. The van der Waals surface area contributed by atoms with E-state index in [2.05, 4.69) is 11.9 Å². The highest BCUT2D eigenvalue weighted by Gasteiger charge is 1.99. The number of rotatable bonds is 13. The number of carbonyl (C=O) groups excluding carboxylic acids is 1. The number of aliphatic imine (C=N–C) groups is 1. The first kappa shape index (κ1) is 17.3. The fourth-order valence-electron chi connectivity index (χ4n) is 2.12. The van der Waals surface area contributed by atoms with Crippen LogP contribution in [0.15, 0.2) is 4.99 Å². The van der Waals surface area contributed by atoms with Crippen molar-refractivity contribution in [1.29, 1.82) is 0 Å². The van der Waals surface area contributed by atoms with Crippen molar-refractivity contribution >= 4 is 6.08 Å². The molecule has 0 saturated carbocycles. The Labute approximate surface area is 112 Å². The summed E-state index contributed by atoms with van der Waals surface area (Å²) in [5.41, 5.74) is 0. The summed E-state index contributed by atoms with van der Waals surface area (Å²) in [5.74, 6) is 0. The van der Waals surface area contributed by atoms with E-state index in [1.54, 1.807) is 0 Å². The summed E-state index contributed by atoms with van der Waals surface area (Å²) in [6.45, 7) is 2.25. The molecule has 1 atom stereocenters. The topological polar surface area (TPSA) is 49.7 Å². The molecule has 0 radical (unpaired) electrons. The first-order valence-electron chi connectivity index (χ1n) is 7.56. The van der Waals surface area contributed by atoms with Gasteiger partial charge in [0.15, 0.2) is 6.23 Å². The lowest BCUT2D eigenvalue weighted by Gasteiger charge is -2.04. The van der Waals surface area contributed by atoms with Crippen LogP contribution in [0.4, 0.5) is 0 Å². The molecular weight excluding hydrogens is 226 g/mol. The molecule has 0 aliphatic rings. The fourth-order valence-corrected chi connectivity index (χ4v) is 2.12. The SMILES string of the molecule is CCCCCCCCCCCCCC(O)N=C=O. The summed E-state index contributed by atoms with van der Waals surface area (Å²) in [4.78, 5) is 13.1. The third-order valence-corrected chi connectivity index (χ3v) is 3.27. The van der Waals surface area contributed by atoms with E-state index < -0.39 is 6.23 Å². The second kappa shape index (κ2) is 14.4. The molecule has 0 aromatic heterocycles. The van der Waals surface area contributed by atoms with Crippen molar-refractivity contribution in [2.24, 2.45) is 4.99 Å². The number of nitrogens with zero attached hydrogens (tertiary/aromatic N) is 1. The average Bonchev–Trinajstić information content (AvgIpc) is 2.36. The van der Waals surface area contributed by atoms with E-state index in [4.69, 9.17) is 5.11 Å². The van der Waals surface area contributed by atoms with Gasteiger partial charge in [0.1, 0.15) is 0 Å². The lowest BCUT2D eigenvalue weighted by atomic mass is 10.1. The monoisotopic (exact) mass is 255 g/mol. The van der Waals surface area contributed by atoms with Crippen molar-refractivity contribution in [2.75, 3.05) is 0 Å². The molecule has 0 spiro atoms. The highest BCUT2D eigenvalue weighted by Crippen LogP contribution is 2.12. The van der Waals surface area contributed by atoms with Gasteiger partial charge in [0.05, 0.1) is 0 Å². The van der Waals surface area contributed by atoms with Crippen molar-refractivity contribution in [3.63, 3.8) is 0 Å². The summed E-state index contributed by atoms with van der Waals surface area (Å²) in [6.07, 6.45) is 15.3. The van der Waals surface area contributed by atoms with E-state index >= 15 is 0 Å².